The predicted octanol–water partition coefficient (Wildman–Crippen LogP) is 3.05. The molecule has 34 heavy (non-hydrogen) atoms. The van der Waals surface area contributed by atoms with Crippen molar-refractivity contribution >= 4 is 23.4 Å². The average Bonchev–Trinajstić information content (AvgIpc) is 3.28. The summed E-state index contributed by atoms with van der Waals surface area (Å²) in [7, 11) is 0. The Labute approximate surface area is 198 Å². The summed E-state index contributed by atoms with van der Waals surface area (Å²) in [5.74, 6) is -0.287. The highest BCUT2D eigenvalue weighted by Gasteiger charge is 2.35. The van der Waals surface area contributed by atoms with Crippen LogP contribution in [0.3, 0.4) is 0 Å². The van der Waals surface area contributed by atoms with Crippen LogP contribution in [0.2, 0.25) is 0 Å². The summed E-state index contributed by atoms with van der Waals surface area (Å²) < 4.78 is 5.55. The molecule has 1 heterocycles. The molecule has 1 aliphatic rings. The fourth-order valence-electron chi connectivity index (χ4n) is 3.78. The maximum atomic E-state index is 12.5. The van der Waals surface area contributed by atoms with E-state index in [4.69, 9.17) is 4.74 Å². The number of hydrogen-bond acceptors (Lipinski definition) is 4. The zero-order chi connectivity index (χ0) is 23.8. The Hall–Kier alpha value is -4.13. The van der Waals surface area contributed by atoms with Crippen molar-refractivity contribution < 1.29 is 19.1 Å². The lowest BCUT2D eigenvalue weighted by molar-refractivity contribution is -0.126. The van der Waals surface area contributed by atoms with Gasteiger partial charge in [0.25, 0.3) is 5.91 Å². The Morgan fingerprint density at radius 2 is 1.41 bits per heavy atom. The van der Waals surface area contributed by atoms with E-state index in [1.54, 1.807) is 29.2 Å². The van der Waals surface area contributed by atoms with Gasteiger partial charge >= 0.3 is 0 Å². The molecule has 1 atom stereocenters. The van der Waals surface area contributed by atoms with Crippen LogP contribution in [0.4, 0.5) is 5.69 Å². The number of nitrogens with zero attached hydrogens (tertiary/aromatic N) is 1. The van der Waals surface area contributed by atoms with Crippen LogP contribution < -0.4 is 20.3 Å². The van der Waals surface area contributed by atoms with Crippen molar-refractivity contribution in [3.63, 3.8) is 0 Å². The SMILES string of the molecule is O=C(COc1ccc(N2CC(C(=O)NCc3ccccc3)CC2=O)cc1)NCc1ccccc1. The van der Waals surface area contributed by atoms with Gasteiger partial charge in [0.05, 0.1) is 5.92 Å². The summed E-state index contributed by atoms with van der Waals surface area (Å²) in [4.78, 5) is 38.7. The average molecular weight is 458 g/mol. The predicted molar refractivity (Wildman–Crippen MR) is 129 cm³/mol. The molecule has 2 N–H and O–H groups in total. The van der Waals surface area contributed by atoms with E-state index in [-0.39, 0.29) is 36.7 Å². The van der Waals surface area contributed by atoms with Gasteiger partial charge in [-0.15, -0.1) is 0 Å². The van der Waals surface area contributed by atoms with E-state index in [1.165, 1.54) is 0 Å². The second kappa shape index (κ2) is 11.1. The molecule has 3 aromatic rings. The van der Waals surface area contributed by atoms with Crippen LogP contribution in [0.25, 0.3) is 0 Å². The molecule has 0 bridgehead atoms. The molecule has 4 rings (SSSR count). The van der Waals surface area contributed by atoms with Gasteiger partial charge in [-0.2, -0.15) is 0 Å². The Balaban J connectivity index is 1.24. The maximum absolute atomic E-state index is 12.5. The molecule has 1 saturated heterocycles. The Kier molecular flexibility index (Phi) is 7.55. The van der Waals surface area contributed by atoms with Gasteiger partial charge in [0, 0.05) is 31.7 Å². The van der Waals surface area contributed by atoms with Crippen molar-refractivity contribution in [3.05, 3.63) is 96.1 Å². The fourth-order valence-corrected chi connectivity index (χ4v) is 3.78. The number of benzene rings is 3. The number of carbonyl (C=O) groups excluding carboxylic acids is 3. The van der Waals surface area contributed by atoms with Crippen LogP contribution in [0, 0.1) is 5.92 Å². The van der Waals surface area contributed by atoms with Crippen molar-refractivity contribution in [2.75, 3.05) is 18.1 Å². The first-order valence-corrected chi connectivity index (χ1v) is 11.2. The van der Waals surface area contributed by atoms with E-state index in [9.17, 15) is 14.4 Å². The molecule has 1 aliphatic heterocycles. The third-order valence-electron chi connectivity index (χ3n) is 5.66. The first-order chi connectivity index (χ1) is 16.6. The normalized spacial score (nSPS) is 15.1. The van der Waals surface area contributed by atoms with E-state index in [1.807, 2.05) is 60.7 Å². The smallest absolute Gasteiger partial charge is 0.258 e. The molecule has 7 nitrogen and oxygen atoms in total. The highest BCUT2D eigenvalue weighted by molar-refractivity contribution is 6.00. The zero-order valence-corrected chi connectivity index (χ0v) is 18.8. The molecule has 3 amide bonds. The minimum atomic E-state index is -0.388. The minimum Gasteiger partial charge on any atom is -0.484 e. The number of rotatable bonds is 9. The lowest BCUT2D eigenvalue weighted by atomic mass is 10.1. The van der Waals surface area contributed by atoms with Gasteiger partial charge in [0.2, 0.25) is 11.8 Å². The summed E-state index contributed by atoms with van der Waals surface area (Å²) in [6.45, 7) is 1.12. The van der Waals surface area contributed by atoms with Crippen molar-refractivity contribution in [2.45, 2.75) is 19.5 Å². The molecule has 0 aliphatic carbocycles. The molecule has 0 spiro atoms. The quantitative estimate of drug-likeness (QED) is 0.517. The second-order valence-corrected chi connectivity index (χ2v) is 8.15. The highest BCUT2D eigenvalue weighted by atomic mass is 16.5. The topological polar surface area (TPSA) is 87.7 Å². The van der Waals surface area contributed by atoms with Gasteiger partial charge in [-0.05, 0) is 35.4 Å². The minimum absolute atomic E-state index is 0.0891. The number of amides is 3. The Morgan fingerprint density at radius 1 is 0.824 bits per heavy atom. The first-order valence-electron chi connectivity index (χ1n) is 11.2. The molecule has 7 heteroatoms. The third kappa shape index (κ3) is 6.22. The van der Waals surface area contributed by atoms with E-state index < -0.39 is 0 Å². The monoisotopic (exact) mass is 457 g/mol. The molecule has 0 aromatic heterocycles. The van der Waals surface area contributed by atoms with Crippen LogP contribution in [0.5, 0.6) is 5.75 Å². The van der Waals surface area contributed by atoms with Gasteiger partial charge < -0.3 is 20.3 Å². The largest absolute Gasteiger partial charge is 0.484 e. The van der Waals surface area contributed by atoms with E-state index in [0.717, 1.165) is 11.1 Å². The number of carbonyl (C=O) groups is 3. The summed E-state index contributed by atoms with van der Waals surface area (Å²) in [5.41, 5.74) is 2.73. The van der Waals surface area contributed by atoms with Crippen molar-refractivity contribution in [2.24, 2.45) is 5.92 Å². The van der Waals surface area contributed by atoms with Crippen molar-refractivity contribution in [1.82, 2.24) is 10.6 Å². The molecule has 3 aromatic carbocycles. The van der Waals surface area contributed by atoms with E-state index in [2.05, 4.69) is 10.6 Å². The van der Waals surface area contributed by atoms with Crippen molar-refractivity contribution in [3.8, 4) is 5.75 Å². The lowest BCUT2D eigenvalue weighted by Crippen LogP contribution is -2.32. The fraction of sp³-hybridized carbons (Fsp3) is 0.222. The maximum Gasteiger partial charge on any atom is 0.258 e. The van der Waals surface area contributed by atoms with Crippen LogP contribution in [-0.4, -0.2) is 30.9 Å². The number of hydrogen-bond donors (Lipinski definition) is 2. The van der Waals surface area contributed by atoms with Gasteiger partial charge in [0.1, 0.15) is 5.75 Å². The first kappa shape index (κ1) is 23.0. The van der Waals surface area contributed by atoms with Crippen LogP contribution >= 0.6 is 0 Å². The van der Waals surface area contributed by atoms with Crippen LogP contribution in [0.15, 0.2) is 84.9 Å². The van der Waals surface area contributed by atoms with E-state index >= 15 is 0 Å². The molecule has 1 unspecified atom stereocenters. The second-order valence-electron chi connectivity index (χ2n) is 8.15. The number of nitrogens with one attached hydrogen (secondary N) is 2. The molecule has 174 valence electrons. The van der Waals surface area contributed by atoms with Crippen molar-refractivity contribution in [1.29, 1.82) is 0 Å². The summed E-state index contributed by atoms with van der Waals surface area (Å²) >= 11 is 0. The van der Waals surface area contributed by atoms with Gasteiger partial charge in [-0.3, -0.25) is 14.4 Å². The lowest BCUT2D eigenvalue weighted by Gasteiger charge is -2.17. The Morgan fingerprint density at radius 3 is 2.03 bits per heavy atom. The molecule has 1 fully saturated rings. The summed E-state index contributed by atoms with van der Waals surface area (Å²) in [6, 6.07) is 26.3. The van der Waals surface area contributed by atoms with Gasteiger partial charge in [-0.25, -0.2) is 0 Å². The molecular formula is C27H27N3O4. The summed E-state index contributed by atoms with van der Waals surface area (Å²) in [5, 5.41) is 5.73. The molecule has 0 radical (unpaired) electrons. The molecule has 0 saturated carbocycles. The zero-order valence-electron chi connectivity index (χ0n) is 18.8. The third-order valence-corrected chi connectivity index (χ3v) is 5.66. The number of ether oxygens (including phenoxy) is 1. The Bertz CT molecular complexity index is 1120. The highest BCUT2D eigenvalue weighted by Crippen LogP contribution is 2.27. The standard InChI is InChI=1S/C27H27N3O4/c31-25(28-16-20-7-3-1-4-8-20)19-34-24-13-11-23(12-14-24)30-18-22(15-26(30)32)27(33)29-17-21-9-5-2-6-10-21/h1-14,22H,15-19H2,(H,28,31)(H,29,33). The van der Waals surface area contributed by atoms with Crippen LogP contribution in [0.1, 0.15) is 17.5 Å². The number of anilines is 1. The van der Waals surface area contributed by atoms with Gasteiger partial charge in [-0.1, -0.05) is 60.7 Å². The summed E-state index contributed by atoms with van der Waals surface area (Å²) in [6.07, 6.45) is 0.181. The van der Waals surface area contributed by atoms with Gasteiger partial charge in [0.15, 0.2) is 6.61 Å². The molecular weight excluding hydrogens is 430 g/mol. The van der Waals surface area contributed by atoms with Crippen LogP contribution in [-0.2, 0) is 27.5 Å². The van der Waals surface area contributed by atoms with E-state index in [0.29, 0.717) is 31.1 Å².